The number of hydrogen-bond acceptors (Lipinski definition) is 6. The first-order valence-electron chi connectivity index (χ1n) is 8.72. The highest BCUT2D eigenvalue weighted by Gasteiger charge is 2.17. The molecule has 2 aromatic rings. The fourth-order valence-corrected chi connectivity index (χ4v) is 2.80. The Hall–Kier alpha value is -3.00. The number of benzene rings is 1. The maximum Gasteiger partial charge on any atom is 0.260 e. The Kier molecular flexibility index (Phi) is 5.97. The molecule has 1 aromatic carbocycles. The SMILES string of the molecule is Cc1ncnc(C)c1C(=O)Nc1ccc(OCC(=O)N2CCOCC2)cc1. The van der Waals surface area contributed by atoms with Crippen molar-refractivity contribution < 1.29 is 19.1 Å². The number of ether oxygens (including phenoxy) is 2. The summed E-state index contributed by atoms with van der Waals surface area (Å²) < 4.78 is 10.8. The molecule has 0 unspecified atom stereocenters. The third-order valence-corrected chi connectivity index (χ3v) is 4.29. The molecule has 8 nitrogen and oxygen atoms in total. The third-order valence-electron chi connectivity index (χ3n) is 4.29. The number of aromatic nitrogens is 2. The van der Waals surface area contributed by atoms with Crippen LogP contribution in [0.1, 0.15) is 21.7 Å². The number of rotatable bonds is 5. The zero-order valence-corrected chi connectivity index (χ0v) is 15.4. The summed E-state index contributed by atoms with van der Waals surface area (Å²) in [5, 5.41) is 2.82. The second-order valence-corrected chi connectivity index (χ2v) is 6.18. The summed E-state index contributed by atoms with van der Waals surface area (Å²) in [6.45, 7) is 5.82. The van der Waals surface area contributed by atoms with Crippen LogP contribution in [0, 0.1) is 13.8 Å². The number of anilines is 1. The Morgan fingerprint density at radius 2 is 1.74 bits per heavy atom. The van der Waals surface area contributed by atoms with Crippen LogP contribution in [0.15, 0.2) is 30.6 Å². The van der Waals surface area contributed by atoms with Crippen LogP contribution >= 0.6 is 0 Å². The van der Waals surface area contributed by atoms with E-state index < -0.39 is 0 Å². The van der Waals surface area contributed by atoms with Gasteiger partial charge in [-0.05, 0) is 38.1 Å². The molecule has 2 heterocycles. The van der Waals surface area contributed by atoms with E-state index in [4.69, 9.17) is 9.47 Å². The molecule has 8 heteroatoms. The molecule has 1 aliphatic rings. The largest absolute Gasteiger partial charge is 0.484 e. The third kappa shape index (κ3) is 4.79. The normalized spacial score (nSPS) is 13.9. The highest BCUT2D eigenvalue weighted by molar-refractivity contribution is 6.05. The van der Waals surface area contributed by atoms with Crippen LogP contribution in [0.25, 0.3) is 0 Å². The lowest BCUT2D eigenvalue weighted by molar-refractivity contribution is -0.137. The Bertz CT molecular complexity index is 797. The van der Waals surface area contributed by atoms with Gasteiger partial charge in [0, 0.05) is 18.8 Å². The van der Waals surface area contributed by atoms with Gasteiger partial charge in [-0.3, -0.25) is 9.59 Å². The van der Waals surface area contributed by atoms with Gasteiger partial charge in [-0.25, -0.2) is 9.97 Å². The average Bonchev–Trinajstić information content (AvgIpc) is 2.68. The van der Waals surface area contributed by atoms with Crippen LogP contribution in [0.2, 0.25) is 0 Å². The van der Waals surface area contributed by atoms with Gasteiger partial charge in [-0.15, -0.1) is 0 Å². The van der Waals surface area contributed by atoms with Gasteiger partial charge in [0.15, 0.2) is 6.61 Å². The number of aryl methyl sites for hydroxylation is 2. The zero-order valence-electron chi connectivity index (χ0n) is 15.4. The number of carbonyl (C=O) groups is 2. The van der Waals surface area contributed by atoms with Crippen molar-refractivity contribution in [3.05, 3.63) is 47.5 Å². The standard InChI is InChI=1S/C19H22N4O4/c1-13-18(14(2)21-12-20-13)19(25)22-15-3-5-16(6-4-15)27-11-17(24)23-7-9-26-10-8-23/h3-6,12H,7-11H2,1-2H3,(H,22,25). The Morgan fingerprint density at radius 3 is 2.37 bits per heavy atom. The number of hydrogen-bond donors (Lipinski definition) is 1. The van der Waals surface area contributed by atoms with Crippen LogP contribution in [0.5, 0.6) is 5.75 Å². The second-order valence-electron chi connectivity index (χ2n) is 6.18. The summed E-state index contributed by atoms with van der Waals surface area (Å²) in [5.41, 5.74) is 2.34. The van der Waals surface area contributed by atoms with E-state index in [1.165, 1.54) is 6.33 Å². The van der Waals surface area contributed by atoms with E-state index in [1.807, 2.05) is 0 Å². The molecule has 0 aliphatic carbocycles. The van der Waals surface area contributed by atoms with Crippen molar-refractivity contribution in [3.8, 4) is 5.75 Å². The van der Waals surface area contributed by atoms with E-state index in [1.54, 1.807) is 43.0 Å². The van der Waals surface area contributed by atoms with Gasteiger partial charge >= 0.3 is 0 Å². The minimum atomic E-state index is -0.262. The molecule has 2 amide bonds. The summed E-state index contributed by atoms with van der Waals surface area (Å²) in [6, 6.07) is 6.87. The summed E-state index contributed by atoms with van der Waals surface area (Å²) >= 11 is 0. The van der Waals surface area contributed by atoms with E-state index in [2.05, 4.69) is 15.3 Å². The van der Waals surface area contributed by atoms with Crippen molar-refractivity contribution >= 4 is 17.5 Å². The van der Waals surface area contributed by atoms with Crippen LogP contribution in [-0.4, -0.2) is 59.6 Å². The topological polar surface area (TPSA) is 93.7 Å². The van der Waals surface area contributed by atoms with Gasteiger partial charge in [0.1, 0.15) is 12.1 Å². The van der Waals surface area contributed by atoms with Crippen molar-refractivity contribution in [2.24, 2.45) is 0 Å². The molecule has 1 aliphatic heterocycles. The van der Waals surface area contributed by atoms with E-state index in [0.717, 1.165) is 0 Å². The van der Waals surface area contributed by atoms with Gasteiger partial charge in [0.25, 0.3) is 11.8 Å². The van der Waals surface area contributed by atoms with Crippen molar-refractivity contribution in [3.63, 3.8) is 0 Å². The van der Waals surface area contributed by atoms with Crippen LogP contribution in [0.4, 0.5) is 5.69 Å². The van der Waals surface area contributed by atoms with Crippen molar-refractivity contribution in [1.82, 2.24) is 14.9 Å². The average molecular weight is 370 g/mol. The number of nitrogens with one attached hydrogen (secondary N) is 1. The van der Waals surface area contributed by atoms with E-state index in [0.29, 0.717) is 54.7 Å². The first kappa shape index (κ1) is 18.8. The minimum Gasteiger partial charge on any atom is -0.484 e. The molecule has 0 radical (unpaired) electrons. The first-order chi connectivity index (χ1) is 13.0. The fourth-order valence-electron chi connectivity index (χ4n) is 2.80. The Morgan fingerprint density at radius 1 is 1.11 bits per heavy atom. The quantitative estimate of drug-likeness (QED) is 0.859. The molecule has 0 bridgehead atoms. The fraction of sp³-hybridized carbons (Fsp3) is 0.368. The molecule has 1 aromatic heterocycles. The van der Waals surface area contributed by atoms with Gasteiger partial charge in [0.2, 0.25) is 0 Å². The van der Waals surface area contributed by atoms with Gasteiger partial charge in [-0.1, -0.05) is 0 Å². The molecule has 142 valence electrons. The predicted octanol–water partition coefficient (Wildman–Crippen LogP) is 1.58. The van der Waals surface area contributed by atoms with E-state index >= 15 is 0 Å². The molecule has 0 spiro atoms. The van der Waals surface area contributed by atoms with Crippen LogP contribution < -0.4 is 10.1 Å². The molecule has 27 heavy (non-hydrogen) atoms. The summed E-state index contributed by atoms with van der Waals surface area (Å²) in [5.74, 6) is 0.234. The highest BCUT2D eigenvalue weighted by Crippen LogP contribution is 2.18. The number of carbonyl (C=O) groups excluding carboxylic acids is 2. The second kappa shape index (κ2) is 8.59. The predicted molar refractivity (Wildman–Crippen MR) is 98.8 cm³/mol. The van der Waals surface area contributed by atoms with Gasteiger partial charge < -0.3 is 19.7 Å². The molecule has 3 rings (SSSR count). The van der Waals surface area contributed by atoms with E-state index in [-0.39, 0.29) is 18.4 Å². The Labute approximate surface area is 157 Å². The molecular formula is C19H22N4O4. The maximum atomic E-state index is 12.4. The first-order valence-corrected chi connectivity index (χ1v) is 8.72. The maximum absolute atomic E-state index is 12.4. The Balaban J connectivity index is 1.55. The molecule has 1 fully saturated rings. The number of morpholine rings is 1. The molecular weight excluding hydrogens is 348 g/mol. The smallest absolute Gasteiger partial charge is 0.260 e. The van der Waals surface area contributed by atoms with Crippen LogP contribution in [-0.2, 0) is 9.53 Å². The lowest BCUT2D eigenvalue weighted by atomic mass is 10.1. The number of nitrogens with zero attached hydrogens (tertiary/aromatic N) is 3. The summed E-state index contributed by atoms with van der Waals surface area (Å²) in [4.78, 5) is 34.4. The van der Waals surface area contributed by atoms with Crippen molar-refractivity contribution in [2.75, 3.05) is 38.2 Å². The van der Waals surface area contributed by atoms with Crippen molar-refractivity contribution in [1.29, 1.82) is 0 Å². The van der Waals surface area contributed by atoms with Crippen LogP contribution in [0.3, 0.4) is 0 Å². The van der Waals surface area contributed by atoms with Gasteiger partial charge in [0.05, 0.1) is 30.2 Å². The van der Waals surface area contributed by atoms with Gasteiger partial charge in [-0.2, -0.15) is 0 Å². The number of amides is 2. The minimum absolute atomic E-state index is 0.0224. The highest BCUT2D eigenvalue weighted by atomic mass is 16.5. The zero-order chi connectivity index (χ0) is 19.2. The summed E-state index contributed by atoms with van der Waals surface area (Å²) in [6.07, 6.45) is 1.44. The molecule has 0 atom stereocenters. The lowest BCUT2D eigenvalue weighted by Gasteiger charge is -2.26. The van der Waals surface area contributed by atoms with Crippen molar-refractivity contribution in [2.45, 2.75) is 13.8 Å². The lowest BCUT2D eigenvalue weighted by Crippen LogP contribution is -2.42. The molecule has 1 saturated heterocycles. The summed E-state index contributed by atoms with van der Waals surface area (Å²) in [7, 11) is 0. The monoisotopic (exact) mass is 370 g/mol. The van der Waals surface area contributed by atoms with E-state index in [9.17, 15) is 9.59 Å². The molecule has 0 saturated carbocycles. The molecule has 1 N–H and O–H groups in total.